The lowest BCUT2D eigenvalue weighted by Crippen LogP contribution is -2.19. The van der Waals surface area contributed by atoms with Crippen LogP contribution in [0.2, 0.25) is 0 Å². The monoisotopic (exact) mass is 286 g/mol. The average Bonchev–Trinajstić information content (AvgIpc) is 2.27. The third-order valence-electron chi connectivity index (χ3n) is 3.82. The number of carbonyl (C=O) groups excluding carboxylic acids is 1. The van der Waals surface area contributed by atoms with Crippen LogP contribution in [0, 0.1) is 16.7 Å². The second-order valence-electron chi connectivity index (χ2n) is 8.10. The predicted molar refractivity (Wildman–Crippen MR) is 83.2 cm³/mol. The van der Waals surface area contributed by atoms with Crippen LogP contribution >= 0.6 is 0 Å². The Morgan fingerprint density at radius 2 is 1.65 bits per heavy atom. The second-order valence-corrected chi connectivity index (χ2v) is 8.10. The van der Waals surface area contributed by atoms with Crippen molar-refractivity contribution in [2.45, 2.75) is 80.6 Å². The van der Waals surface area contributed by atoms with E-state index < -0.39 is 0 Å². The highest BCUT2D eigenvalue weighted by atomic mass is 17.2. The lowest BCUT2D eigenvalue weighted by atomic mass is 9.79. The minimum absolute atomic E-state index is 0.230. The minimum Gasteiger partial charge on any atom is -0.298 e. The van der Waals surface area contributed by atoms with Crippen molar-refractivity contribution in [1.29, 1.82) is 0 Å². The van der Waals surface area contributed by atoms with Crippen LogP contribution in [-0.2, 0) is 14.6 Å². The summed E-state index contributed by atoms with van der Waals surface area (Å²) in [6.45, 7) is 15.9. The van der Waals surface area contributed by atoms with Crippen molar-refractivity contribution >= 4 is 5.97 Å². The summed E-state index contributed by atoms with van der Waals surface area (Å²) >= 11 is 0. The van der Waals surface area contributed by atoms with Crippen LogP contribution in [0.4, 0.5) is 0 Å². The molecule has 0 N–H and O–H groups in total. The van der Waals surface area contributed by atoms with E-state index in [1.807, 2.05) is 0 Å². The Balaban J connectivity index is 3.56. The molecule has 20 heavy (non-hydrogen) atoms. The highest BCUT2D eigenvalue weighted by molar-refractivity contribution is 5.68. The molecule has 0 aliphatic heterocycles. The fourth-order valence-corrected chi connectivity index (χ4v) is 1.73. The van der Waals surface area contributed by atoms with Crippen LogP contribution in [0.5, 0.6) is 0 Å². The zero-order valence-electron chi connectivity index (χ0n) is 14.5. The largest absolute Gasteiger partial charge is 0.342 e. The molecule has 0 rings (SSSR count). The molecule has 0 aliphatic rings. The van der Waals surface area contributed by atoms with Crippen molar-refractivity contribution < 1.29 is 14.6 Å². The van der Waals surface area contributed by atoms with Gasteiger partial charge in [0, 0.05) is 6.42 Å². The van der Waals surface area contributed by atoms with E-state index in [4.69, 9.17) is 9.78 Å². The van der Waals surface area contributed by atoms with Crippen LogP contribution in [-0.4, -0.2) is 12.6 Å². The molecule has 0 aromatic heterocycles. The number of carbonyl (C=O) groups is 1. The van der Waals surface area contributed by atoms with Gasteiger partial charge in [-0.25, -0.2) is 4.79 Å². The molecule has 1 unspecified atom stereocenters. The maximum absolute atomic E-state index is 11.5. The fraction of sp³-hybridized carbons (Fsp3) is 0.941. The lowest BCUT2D eigenvalue weighted by molar-refractivity contribution is -0.273. The van der Waals surface area contributed by atoms with Crippen molar-refractivity contribution in [2.75, 3.05) is 6.61 Å². The van der Waals surface area contributed by atoms with E-state index in [9.17, 15) is 4.79 Å². The number of unbranched alkanes of at least 4 members (excludes halogenated alkanes) is 1. The van der Waals surface area contributed by atoms with Gasteiger partial charge in [0.1, 0.15) is 0 Å². The Kier molecular flexibility index (Phi) is 8.41. The summed E-state index contributed by atoms with van der Waals surface area (Å²) in [5.41, 5.74) is 0.591. The van der Waals surface area contributed by atoms with E-state index in [1.165, 1.54) is 0 Å². The van der Waals surface area contributed by atoms with Crippen molar-refractivity contribution in [3.63, 3.8) is 0 Å². The van der Waals surface area contributed by atoms with Crippen LogP contribution in [0.25, 0.3) is 0 Å². The normalized spacial score (nSPS) is 14.2. The van der Waals surface area contributed by atoms with Gasteiger partial charge in [-0.1, -0.05) is 54.9 Å². The molecule has 3 heteroatoms. The van der Waals surface area contributed by atoms with Gasteiger partial charge in [-0.2, -0.15) is 4.89 Å². The average molecular weight is 286 g/mol. The van der Waals surface area contributed by atoms with E-state index in [0.29, 0.717) is 24.4 Å². The molecule has 0 bridgehead atoms. The van der Waals surface area contributed by atoms with Gasteiger partial charge >= 0.3 is 5.97 Å². The summed E-state index contributed by atoms with van der Waals surface area (Å²) in [5, 5.41) is 0. The van der Waals surface area contributed by atoms with Gasteiger partial charge in [-0.05, 0) is 36.0 Å². The Bertz CT molecular complexity index is 271. The van der Waals surface area contributed by atoms with Crippen molar-refractivity contribution in [3.8, 4) is 0 Å². The van der Waals surface area contributed by atoms with E-state index in [-0.39, 0.29) is 11.4 Å². The van der Waals surface area contributed by atoms with Crippen molar-refractivity contribution in [3.05, 3.63) is 0 Å². The zero-order valence-corrected chi connectivity index (χ0v) is 14.5. The first kappa shape index (κ1) is 19.4. The Morgan fingerprint density at radius 3 is 2.15 bits per heavy atom. The molecule has 0 saturated carbocycles. The van der Waals surface area contributed by atoms with Gasteiger partial charge in [0.25, 0.3) is 0 Å². The molecule has 0 aromatic rings. The van der Waals surface area contributed by atoms with Gasteiger partial charge in [-0.15, -0.1) is 0 Å². The van der Waals surface area contributed by atoms with Crippen LogP contribution in [0.15, 0.2) is 0 Å². The third kappa shape index (κ3) is 11.3. The van der Waals surface area contributed by atoms with E-state index >= 15 is 0 Å². The summed E-state index contributed by atoms with van der Waals surface area (Å²) < 4.78 is 0. The molecule has 120 valence electrons. The molecule has 1 atom stereocenters. The molecular formula is C17H34O3. The fourth-order valence-electron chi connectivity index (χ4n) is 1.73. The summed E-state index contributed by atoms with van der Waals surface area (Å²) in [6.07, 6.45) is 4.47. The lowest BCUT2D eigenvalue weighted by Gasteiger charge is -2.26. The molecule has 0 aromatic carbocycles. The smallest absolute Gasteiger partial charge is 0.298 e. The Hall–Kier alpha value is -0.570. The first-order valence-electron chi connectivity index (χ1n) is 7.84. The molecule has 0 amide bonds. The molecule has 0 radical (unpaired) electrons. The molecule has 0 spiro atoms. The topological polar surface area (TPSA) is 35.5 Å². The van der Waals surface area contributed by atoms with Crippen LogP contribution in [0.1, 0.15) is 80.6 Å². The zero-order chi connectivity index (χ0) is 15.8. The first-order chi connectivity index (χ1) is 9.02. The molecule has 3 nitrogen and oxygen atoms in total. The van der Waals surface area contributed by atoms with Crippen molar-refractivity contribution in [1.82, 2.24) is 0 Å². The maximum atomic E-state index is 11.5. The molecule has 0 heterocycles. The quantitative estimate of drug-likeness (QED) is 0.352. The standard InChI is InChI=1S/C17H34O3/c1-14(17(5,6)7)10-11-15(18)20-19-13-9-8-12-16(2,3)4/h14H,8-13H2,1-7H3. The number of hydrogen-bond acceptors (Lipinski definition) is 3. The summed E-state index contributed by atoms with van der Waals surface area (Å²) in [7, 11) is 0. The first-order valence-corrected chi connectivity index (χ1v) is 7.84. The molecular weight excluding hydrogens is 252 g/mol. The van der Waals surface area contributed by atoms with Crippen molar-refractivity contribution in [2.24, 2.45) is 16.7 Å². The van der Waals surface area contributed by atoms with E-state index in [1.54, 1.807) is 0 Å². The molecule has 0 saturated heterocycles. The SMILES string of the molecule is CC(CCC(=O)OOCCCCC(C)(C)C)C(C)(C)C. The van der Waals surface area contributed by atoms with E-state index in [0.717, 1.165) is 25.7 Å². The van der Waals surface area contributed by atoms with Crippen LogP contribution in [0.3, 0.4) is 0 Å². The molecule has 0 fully saturated rings. The predicted octanol–water partition coefficient (Wildman–Crippen LogP) is 5.14. The summed E-state index contributed by atoms with van der Waals surface area (Å²) in [5.74, 6) is 0.235. The van der Waals surface area contributed by atoms with Gasteiger partial charge in [0.15, 0.2) is 0 Å². The highest BCUT2D eigenvalue weighted by Crippen LogP contribution is 2.29. The molecule has 0 aliphatic carbocycles. The summed E-state index contributed by atoms with van der Waals surface area (Å²) in [4.78, 5) is 21.3. The Morgan fingerprint density at radius 1 is 1.05 bits per heavy atom. The highest BCUT2D eigenvalue weighted by Gasteiger charge is 2.21. The minimum atomic E-state index is -0.253. The third-order valence-corrected chi connectivity index (χ3v) is 3.82. The van der Waals surface area contributed by atoms with Gasteiger partial charge < -0.3 is 0 Å². The van der Waals surface area contributed by atoms with Gasteiger partial charge in [0.2, 0.25) is 0 Å². The summed E-state index contributed by atoms with van der Waals surface area (Å²) in [6, 6.07) is 0. The van der Waals surface area contributed by atoms with Gasteiger partial charge in [0.05, 0.1) is 6.61 Å². The second kappa shape index (κ2) is 8.66. The van der Waals surface area contributed by atoms with Gasteiger partial charge in [-0.3, -0.25) is 4.89 Å². The van der Waals surface area contributed by atoms with Crippen LogP contribution < -0.4 is 0 Å². The Labute approximate surface area is 125 Å². The number of rotatable bonds is 8. The maximum Gasteiger partial charge on any atom is 0.342 e. The van der Waals surface area contributed by atoms with E-state index in [2.05, 4.69) is 48.5 Å². The number of hydrogen-bond donors (Lipinski definition) is 0.